The van der Waals surface area contributed by atoms with Crippen LogP contribution in [0.3, 0.4) is 0 Å². The first kappa shape index (κ1) is 20.3. The minimum atomic E-state index is -3.41. The maximum absolute atomic E-state index is 12.8. The molecule has 9 heteroatoms. The van der Waals surface area contributed by atoms with Gasteiger partial charge < -0.3 is 15.4 Å². The summed E-state index contributed by atoms with van der Waals surface area (Å²) < 4.78 is 33.1. The Morgan fingerprint density at radius 1 is 1.24 bits per heavy atom. The molecule has 1 aromatic heterocycles. The maximum atomic E-state index is 12.8. The Labute approximate surface area is 175 Å². The smallest absolute Gasteiger partial charge is 0.252 e. The van der Waals surface area contributed by atoms with Gasteiger partial charge in [-0.3, -0.25) is 4.99 Å². The number of para-hydroxylation sites is 1. The Morgan fingerprint density at radius 3 is 2.76 bits per heavy atom. The van der Waals surface area contributed by atoms with Crippen LogP contribution in [0.1, 0.15) is 18.4 Å². The molecule has 2 aromatic rings. The molecule has 0 bridgehead atoms. The van der Waals surface area contributed by atoms with Crippen molar-refractivity contribution < 1.29 is 13.2 Å². The van der Waals surface area contributed by atoms with E-state index >= 15 is 0 Å². The first-order valence-corrected chi connectivity index (χ1v) is 12.1. The highest BCUT2D eigenvalue weighted by molar-refractivity contribution is 7.91. The maximum Gasteiger partial charge on any atom is 0.252 e. The second kappa shape index (κ2) is 8.43. The summed E-state index contributed by atoms with van der Waals surface area (Å²) in [5.74, 6) is 1.76. The molecule has 0 radical (unpaired) electrons. The SMILES string of the molecule is COc1ccccc1CNC1=NCCNC12CCN(S(=O)(=O)c1cccs1)CC2. The quantitative estimate of drug-likeness (QED) is 0.753. The minimum absolute atomic E-state index is 0.304. The van der Waals surface area contributed by atoms with E-state index in [1.165, 1.54) is 11.3 Å². The van der Waals surface area contributed by atoms with E-state index in [0.717, 1.165) is 23.7 Å². The molecule has 0 saturated carbocycles. The van der Waals surface area contributed by atoms with Crippen molar-refractivity contribution in [3.05, 3.63) is 47.3 Å². The van der Waals surface area contributed by atoms with Crippen LogP contribution in [0.4, 0.5) is 0 Å². The van der Waals surface area contributed by atoms with Crippen LogP contribution in [0.15, 0.2) is 51.0 Å². The molecule has 7 nitrogen and oxygen atoms in total. The van der Waals surface area contributed by atoms with Crippen molar-refractivity contribution in [3.8, 4) is 5.75 Å². The zero-order chi connectivity index (χ0) is 20.3. The Kier molecular flexibility index (Phi) is 5.91. The van der Waals surface area contributed by atoms with Gasteiger partial charge in [-0.2, -0.15) is 4.31 Å². The molecule has 2 aliphatic rings. The fourth-order valence-corrected chi connectivity index (χ4v) is 6.60. The van der Waals surface area contributed by atoms with Gasteiger partial charge >= 0.3 is 0 Å². The molecule has 3 heterocycles. The van der Waals surface area contributed by atoms with Crippen molar-refractivity contribution in [2.45, 2.75) is 29.1 Å². The number of nitrogens with one attached hydrogen (secondary N) is 2. The number of nitrogens with zero attached hydrogens (tertiary/aromatic N) is 2. The molecule has 4 rings (SSSR count). The second-order valence-corrected chi connectivity index (χ2v) is 10.4. The molecule has 0 unspecified atom stereocenters. The van der Waals surface area contributed by atoms with Gasteiger partial charge in [0.2, 0.25) is 0 Å². The summed E-state index contributed by atoms with van der Waals surface area (Å²) >= 11 is 1.27. The molecule has 2 aliphatic heterocycles. The van der Waals surface area contributed by atoms with Crippen molar-refractivity contribution in [1.29, 1.82) is 0 Å². The third kappa shape index (κ3) is 4.05. The number of thiophene rings is 1. The van der Waals surface area contributed by atoms with Crippen molar-refractivity contribution in [2.75, 3.05) is 33.3 Å². The number of methoxy groups -OCH3 is 1. The number of aliphatic imine (C=N–C) groups is 1. The molecular formula is C20H26N4O3S2. The summed E-state index contributed by atoms with van der Waals surface area (Å²) in [5.41, 5.74) is 0.762. The van der Waals surface area contributed by atoms with Crippen LogP contribution in [-0.4, -0.2) is 57.4 Å². The molecule has 0 amide bonds. The van der Waals surface area contributed by atoms with E-state index in [0.29, 0.717) is 43.2 Å². The Morgan fingerprint density at radius 2 is 2.03 bits per heavy atom. The number of piperidine rings is 1. The van der Waals surface area contributed by atoms with Crippen molar-refractivity contribution in [2.24, 2.45) is 4.99 Å². The molecule has 1 aromatic carbocycles. The number of ether oxygens (including phenoxy) is 1. The van der Waals surface area contributed by atoms with Crippen LogP contribution in [0, 0.1) is 0 Å². The van der Waals surface area contributed by atoms with Crippen LogP contribution < -0.4 is 15.4 Å². The third-order valence-electron chi connectivity index (χ3n) is 5.60. The van der Waals surface area contributed by atoms with Gasteiger partial charge in [-0.05, 0) is 30.4 Å². The highest BCUT2D eigenvalue weighted by Crippen LogP contribution is 2.30. The van der Waals surface area contributed by atoms with Crippen LogP contribution >= 0.6 is 11.3 Å². The van der Waals surface area contributed by atoms with Gasteiger partial charge in [0.1, 0.15) is 15.8 Å². The molecule has 2 N–H and O–H groups in total. The highest BCUT2D eigenvalue weighted by Gasteiger charge is 2.43. The van der Waals surface area contributed by atoms with Gasteiger partial charge in [0.25, 0.3) is 10.0 Å². The second-order valence-electron chi connectivity index (χ2n) is 7.24. The molecule has 29 heavy (non-hydrogen) atoms. The lowest BCUT2D eigenvalue weighted by atomic mass is 9.85. The number of hydrogen-bond acceptors (Lipinski definition) is 7. The van der Waals surface area contributed by atoms with Gasteiger partial charge in [0.15, 0.2) is 0 Å². The van der Waals surface area contributed by atoms with E-state index in [2.05, 4.69) is 10.6 Å². The predicted octanol–water partition coefficient (Wildman–Crippen LogP) is 2.07. The topological polar surface area (TPSA) is 83.0 Å². The van der Waals surface area contributed by atoms with Crippen molar-refractivity contribution in [3.63, 3.8) is 0 Å². The van der Waals surface area contributed by atoms with Gasteiger partial charge in [-0.25, -0.2) is 8.42 Å². The van der Waals surface area contributed by atoms with Gasteiger partial charge in [-0.15, -0.1) is 11.3 Å². The van der Waals surface area contributed by atoms with Crippen LogP contribution in [0.25, 0.3) is 0 Å². The van der Waals surface area contributed by atoms with Gasteiger partial charge in [0.05, 0.1) is 19.2 Å². The van der Waals surface area contributed by atoms with Crippen LogP contribution in [0.2, 0.25) is 0 Å². The molecule has 1 fully saturated rings. The van der Waals surface area contributed by atoms with Crippen molar-refractivity contribution in [1.82, 2.24) is 14.9 Å². The van der Waals surface area contributed by atoms with Crippen LogP contribution in [0.5, 0.6) is 5.75 Å². The van der Waals surface area contributed by atoms with E-state index in [-0.39, 0.29) is 5.54 Å². The van der Waals surface area contributed by atoms with Crippen LogP contribution in [-0.2, 0) is 16.6 Å². The van der Waals surface area contributed by atoms with Gasteiger partial charge in [0, 0.05) is 31.7 Å². The van der Waals surface area contributed by atoms with E-state index in [1.54, 1.807) is 28.9 Å². The standard InChI is InChI=1S/C20H26N4O3S2/c1-27-17-6-3-2-5-16(17)15-22-19-20(23-11-10-21-19)8-12-24(13-9-20)29(25,26)18-7-4-14-28-18/h2-7,14,23H,8-13,15H2,1H3,(H,21,22). The Balaban J connectivity index is 1.46. The largest absolute Gasteiger partial charge is 0.496 e. The lowest BCUT2D eigenvalue weighted by Gasteiger charge is -2.44. The first-order chi connectivity index (χ1) is 14.0. The van der Waals surface area contributed by atoms with Crippen molar-refractivity contribution >= 4 is 27.2 Å². The summed E-state index contributed by atoms with van der Waals surface area (Å²) in [4.78, 5) is 4.75. The fourth-order valence-electron chi connectivity index (χ4n) is 4.01. The Hall–Kier alpha value is -1.94. The number of amidine groups is 1. The molecule has 0 atom stereocenters. The number of hydrogen-bond donors (Lipinski definition) is 2. The summed E-state index contributed by atoms with van der Waals surface area (Å²) in [5, 5.41) is 8.91. The first-order valence-electron chi connectivity index (χ1n) is 9.74. The number of sulfonamides is 1. The van der Waals surface area contributed by atoms with E-state index < -0.39 is 10.0 Å². The molecule has 1 spiro atoms. The fraction of sp³-hybridized carbons (Fsp3) is 0.450. The molecule has 156 valence electrons. The summed E-state index contributed by atoms with van der Waals surface area (Å²) in [6, 6.07) is 11.4. The zero-order valence-corrected chi connectivity index (χ0v) is 18.1. The third-order valence-corrected chi connectivity index (χ3v) is 8.87. The van der Waals surface area contributed by atoms with Gasteiger partial charge in [-0.1, -0.05) is 24.3 Å². The molecule has 1 saturated heterocycles. The zero-order valence-electron chi connectivity index (χ0n) is 16.4. The average Bonchev–Trinajstić information content (AvgIpc) is 3.30. The van der Waals surface area contributed by atoms with E-state index in [9.17, 15) is 8.42 Å². The number of benzene rings is 1. The predicted molar refractivity (Wildman–Crippen MR) is 115 cm³/mol. The normalized spacial score (nSPS) is 19.7. The lowest BCUT2D eigenvalue weighted by Crippen LogP contribution is -2.64. The highest BCUT2D eigenvalue weighted by atomic mass is 32.2. The summed E-state index contributed by atoms with van der Waals surface area (Å²) in [7, 11) is -1.74. The Bertz CT molecular complexity index is 965. The van der Waals surface area contributed by atoms with E-state index in [1.807, 2.05) is 24.3 Å². The summed E-state index contributed by atoms with van der Waals surface area (Å²) in [6.45, 7) is 3.08. The summed E-state index contributed by atoms with van der Waals surface area (Å²) in [6.07, 6.45) is 1.38. The number of rotatable bonds is 5. The minimum Gasteiger partial charge on any atom is -0.496 e. The average molecular weight is 435 g/mol. The molecular weight excluding hydrogens is 408 g/mol. The molecule has 0 aliphatic carbocycles. The lowest BCUT2D eigenvalue weighted by molar-refractivity contribution is 0.241. The monoisotopic (exact) mass is 434 g/mol. The van der Waals surface area contributed by atoms with E-state index in [4.69, 9.17) is 9.73 Å².